The van der Waals surface area contributed by atoms with Crippen LogP contribution in [-0.4, -0.2) is 25.6 Å². The normalized spacial score (nSPS) is 10.2. The van der Waals surface area contributed by atoms with Crippen molar-refractivity contribution in [2.75, 3.05) is 25.0 Å². The highest BCUT2D eigenvalue weighted by molar-refractivity contribution is 5.92. The highest BCUT2D eigenvalue weighted by atomic mass is 16.5. The summed E-state index contributed by atoms with van der Waals surface area (Å²) in [6.07, 6.45) is 0.914. The van der Waals surface area contributed by atoms with E-state index in [1.165, 1.54) is 5.56 Å². The fraction of sp³-hybridized carbons (Fsp3) is 0.278. The summed E-state index contributed by atoms with van der Waals surface area (Å²) in [5, 5.41) is 6.00. The largest absolute Gasteiger partial charge is 0.494 e. The molecule has 0 aliphatic rings. The van der Waals surface area contributed by atoms with E-state index >= 15 is 0 Å². The molecule has 0 aliphatic heterocycles. The average molecular weight is 298 g/mol. The Hall–Kier alpha value is -2.33. The predicted molar refractivity (Wildman–Crippen MR) is 89.3 cm³/mol. The smallest absolute Gasteiger partial charge is 0.238 e. The molecule has 4 nitrogen and oxygen atoms in total. The monoisotopic (exact) mass is 298 g/mol. The van der Waals surface area contributed by atoms with Crippen LogP contribution < -0.4 is 15.4 Å². The average Bonchev–Trinajstić information content (AvgIpc) is 2.55. The minimum atomic E-state index is -0.0442. The number of anilines is 1. The number of carbonyl (C=O) groups excluding carboxylic acids is 1. The summed E-state index contributed by atoms with van der Waals surface area (Å²) < 4.78 is 5.36. The van der Waals surface area contributed by atoms with Crippen LogP contribution in [0.15, 0.2) is 54.6 Å². The topological polar surface area (TPSA) is 50.4 Å². The van der Waals surface area contributed by atoms with Gasteiger partial charge in [0, 0.05) is 5.69 Å². The molecule has 0 radical (unpaired) electrons. The van der Waals surface area contributed by atoms with Crippen LogP contribution >= 0.6 is 0 Å². The Morgan fingerprint density at radius 1 is 1.05 bits per heavy atom. The van der Waals surface area contributed by atoms with Crippen molar-refractivity contribution in [1.82, 2.24) is 5.32 Å². The zero-order valence-corrected chi connectivity index (χ0v) is 12.8. The van der Waals surface area contributed by atoms with E-state index in [4.69, 9.17) is 4.74 Å². The molecule has 0 unspecified atom stereocenters. The van der Waals surface area contributed by atoms with Crippen molar-refractivity contribution in [3.63, 3.8) is 0 Å². The maximum atomic E-state index is 11.8. The van der Waals surface area contributed by atoms with Crippen LogP contribution in [0.3, 0.4) is 0 Å². The number of hydrogen-bond donors (Lipinski definition) is 2. The third kappa shape index (κ3) is 5.58. The summed E-state index contributed by atoms with van der Waals surface area (Å²) in [6, 6.07) is 17.6. The molecule has 22 heavy (non-hydrogen) atoms. The van der Waals surface area contributed by atoms with E-state index in [9.17, 15) is 4.79 Å². The van der Waals surface area contributed by atoms with Crippen LogP contribution in [0.4, 0.5) is 5.69 Å². The number of carbonyl (C=O) groups is 1. The Morgan fingerprint density at radius 2 is 1.77 bits per heavy atom. The second kappa shape index (κ2) is 8.85. The van der Waals surface area contributed by atoms with Gasteiger partial charge in [-0.1, -0.05) is 30.3 Å². The fourth-order valence-corrected chi connectivity index (χ4v) is 2.09. The molecule has 0 saturated heterocycles. The van der Waals surface area contributed by atoms with Gasteiger partial charge in [0.25, 0.3) is 0 Å². The van der Waals surface area contributed by atoms with E-state index in [0.717, 1.165) is 24.4 Å². The van der Waals surface area contributed by atoms with Crippen LogP contribution in [0.1, 0.15) is 12.5 Å². The summed E-state index contributed by atoms with van der Waals surface area (Å²) in [5.74, 6) is 0.763. The van der Waals surface area contributed by atoms with Crippen molar-refractivity contribution in [3.05, 3.63) is 60.2 Å². The van der Waals surface area contributed by atoms with Crippen molar-refractivity contribution in [2.45, 2.75) is 13.3 Å². The SMILES string of the molecule is CCOc1ccc(NC(=O)CNCCc2ccccc2)cc1. The lowest BCUT2D eigenvalue weighted by molar-refractivity contribution is -0.115. The molecular weight excluding hydrogens is 276 g/mol. The van der Waals surface area contributed by atoms with E-state index in [-0.39, 0.29) is 5.91 Å². The van der Waals surface area contributed by atoms with Crippen molar-refractivity contribution in [3.8, 4) is 5.75 Å². The molecule has 0 fully saturated rings. The zero-order chi connectivity index (χ0) is 15.6. The van der Waals surface area contributed by atoms with Gasteiger partial charge in [-0.25, -0.2) is 0 Å². The van der Waals surface area contributed by atoms with Gasteiger partial charge in [0.15, 0.2) is 0 Å². The molecule has 2 aromatic carbocycles. The number of benzene rings is 2. The predicted octanol–water partition coefficient (Wildman–Crippen LogP) is 2.86. The van der Waals surface area contributed by atoms with Gasteiger partial charge in [-0.2, -0.15) is 0 Å². The Morgan fingerprint density at radius 3 is 2.45 bits per heavy atom. The fourth-order valence-electron chi connectivity index (χ4n) is 2.09. The summed E-state index contributed by atoms with van der Waals surface area (Å²) in [6.45, 7) is 3.66. The van der Waals surface area contributed by atoms with Crippen LogP contribution in [0.5, 0.6) is 5.75 Å². The summed E-state index contributed by atoms with van der Waals surface area (Å²) in [5.41, 5.74) is 2.04. The quantitative estimate of drug-likeness (QED) is 0.737. The molecule has 2 aromatic rings. The second-order valence-electron chi connectivity index (χ2n) is 4.92. The molecular formula is C18H22N2O2. The molecule has 2 rings (SSSR count). The van der Waals surface area contributed by atoms with Crippen LogP contribution in [0.25, 0.3) is 0 Å². The third-order valence-corrected chi connectivity index (χ3v) is 3.17. The highest BCUT2D eigenvalue weighted by Gasteiger charge is 2.02. The zero-order valence-electron chi connectivity index (χ0n) is 12.8. The van der Waals surface area contributed by atoms with Gasteiger partial charge in [0.1, 0.15) is 5.75 Å². The lowest BCUT2D eigenvalue weighted by Crippen LogP contribution is -2.29. The Labute approximate surface area is 131 Å². The van der Waals surface area contributed by atoms with Crippen LogP contribution in [-0.2, 0) is 11.2 Å². The maximum absolute atomic E-state index is 11.8. The second-order valence-corrected chi connectivity index (χ2v) is 4.92. The first kappa shape index (κ1) is 16.0. The lowest BCUT2D eigenvalue weighted by Gasteiger charge is -2.08. The molecule has 0 atom stereocenters. The molecule has 116 valence electrons. The van der Waals surface area contributed by atoms with E-state index in [2.05, 4.69) is 22.8 Å². The molecule has 4 heteroatoms. The Bertz CT molecular complexity index is 567. The van der Waals surface area contributed by atoms with Gasteiger partial charge in [0.05, 0.1) is 13.2 Å². The van der Waals surface area contributed by atoms with Crippen molar-refractivity contribution in [1.29, 1.82) is 0 Å². The third-order valence-electron chi connectivity index (χ3n) is 3.17. The van der Waals surface area contributed by atoms with Gasteiger partial charge in [-0.15, -0.1) is 0 Å². The summed E-state index contributed by atoms with van der Waals surface area (Å²) >= 11 is 0. The van der Waals surface area contributed by atoms with Crippen molar-refractivity contribution in [2.24, 2.45) is 0 Å². The Kier molecular flexibility index (Phi) is 6.45. The van der Waals surface area contributed by atoms with Gasteiger partial charge < -0.3 is 15.4 Å². The highest BCUT2D eigenvalue weighted by Crippen LogP contribution is 2.15. The van der Waals surface area contributed by atoms with E-state index < -0.39 is 0 Å². The van der Waals surface area contributed by atoms with E-state index in [1.54, 1.807) is 0 Å². The first-order valence-corrected chi connectivity index (χ1v) is 7.55. The van der Waals surface area contributed by atoms with Crippen molar-refractivity contribution < 1.29 is 9.53 Å². The number of rotatable bonds is 8. The standard InChI is InChI=1S/C18H22N2O2/c1-2-22-17-10-8-16(9-11-17)20-18(21)14-19-13-12-15-6-4-3-5-7-15/h3-11,19H,2,12-14H2,1H3,(H,20,21). The molecule has 2 N–H and O–H groups in total. The number of ether oxygens (including phenoxy) is 1. The number of hydrogen-bond acceptors (Lipinski definition) is 3. The molecule has 0 aliphatic carbocycles. The van der Waals surface area contributed by atoms with E-state index in [0.29, 0.717) is 13.2 Å². The lowest BCUT2D eigenvalue weighted by atomic mass is 10.1. The molecule has 0 aromatic heterocycles. The molecule has 0 spiro atoms. The van der Waals surface area contributed by atoms with Crippen LogP contribution in [0.2, 0.25) is 0 Å². The van der Waals surface area contributed by atoms with Crippen LogP contribution in [0, 0.1) is 0 Å². The molecule has 1 amide bonds. The van der Waals surface area contributed by atoms with Gasteiger partial charge >= 0.3 is 0 Å². The summed E-state index contributed by atoms with van der Waals surface area (Å²) in [4.78, 5) is 11.8. The molecule has 0 bridgehead atoms. The van der Waals surface area contributed by atoms with Gasteiger partial charge in [0.2, 0.25) is 5.91 Å². The molecule has 0 heterocycles. The first-order chi connectivity index (χ1) is 10.8. The summed E-state index contributed by atoms with van der Waals surface area (Å²) in [7, 11) is 0. The van der Waals surface area contributed by atoms with Gasteiger partial charge in [-0.05, 0) is 49.7 Å². The van der Waals surface area contributed by atoms with Gasteiger partial charge in [-0.3, -0.25) is 4.79 Å². The minimum Gasteiger partial charge on any atom is -0.494 e. The van der Waals surface area contributed by atoms with E-state index in [1.807, 2.05) is 49.4 Å². The number of nitrogens with one attached hydrogen (secondary N) is 2. The maximum Gasteiger partial charge on any atom is 0.238 e. The first-order valence-electron chi connectivity index (χ1n) is 7.55. The van der Waals surface area contributed by atoms with Crippen molar-refractivity contribution >= 4 is 11.6 Å². The number of amides is 1. The Balaban J connectivity index is 1.67. The molecule has 0 saturated carbocycles. The minimum absolute atomic E-state index is 0.0442.